The molecule has 2 atom stereocenters. The maximum absolute atomic E-state index is 14.0. The predicted molar refractivity (Wildman–Crippen MR) is 122 cm³/mol. The second-order valence-corrected chi connectivity index (χ2v) is 12.0. The number of hydrogen-bond donors (Lipinski definition) is 0. The van der Waals surface area contributed by atoms with E-state index in [9.17, 15) is 4.79 Å². The molecule has 5 fully saturated rings. The number of halogens is 1. The van der Waals surface area contributed by atoms with Crippen LogP contribution in [0.1, 0.15) is 70.3 Å². The normalized spacial score (nSPS) is 37.5. The van der Waals surface area contributed by atoms with Crippen molar-refractivity contribution in [2.24, 2.45) is 22.2 Å². The Morgan fingerprint density at radius 3 is 2.62 bits per heavy atom. The molecule has 4 saturated carbocycles. The minimum absolute atomic E-state index is 0.135. The zero-order chi connectivity index (χ0) is 20.2. The summed E-state index contributed by atoms with van der Waals surface area (Å²) in [5.74, 6) is 3.02. The van der Waals surface area contributed by atoms with Gasteiger partial charge in [0.15, 0.2) is 5.17 Å². The monoisotopic (exact) mass is 430 g/mol. The molecule has 5 heteroatoms. The van der Waals surface area contributed by atoms with Gasteiger partial charge in [-0.3, -0.25) is 9.69 Å². The van der Waals surface area contributed by atoms with Gasteiger partial charge in [0, 0.05) is 17.2 Å². The summed E-state index contributed by atoms with van der Waals surface area (Å²) in [6, 6.07) is 8.35. The third-order valence-electron chi connectivity index (χ3n) is 7.45. The molecule has 156 valence electrons. The molecular formula is C24H31ClN2OS. The molecule has 1 heterocycles. The molecule has 2 unspecified atom stereocenters. The number of alkyl halides is 1. The third-order valence-corrected chi connectivity index (χ3v) is 8.96. The molecule has 0 N–H and O–H groups in total. The molecular weight excluding hydrogens is 400 g/mol. The SMILES string of the molecule is CC(C)c1ccccc1N=C1SCCCN1C(=O)C12CC3CC(CC(Cl)(C3)C1)C2. The maximum Gasteiger partial charge on any atom is 0.234 e. The van der Waals surface area contributed by atoms with Crippen LogP contribution in [-0.4, -0.2) is 33.1 Å². The van der Waals surface area contributed by atoms with E-state index >= 15 is 0 Å². The molecule has 1 amide bonds. The number of nitrogens with zero attached hydrogens (tertiary/aromatic N) is 2. The van der Waals surface area contributed by atoms with Gasteiger partial charge >= 0.3 is 0 Å². The van der Waals surface area contributed by atoms with Crippen molar-refractivity contribution in [3.8, 4) is 0 Å². The summed E-state index contributed by atoms with van der Waals surface area (Å²) < 4.78 is 0. The molecule has 4 aliphatic carbocycles. The standard InChI is InChI=1S/C24H31ClN2OS/c1-16(2)19-6-3-4-7-20(19)26-22-27(8-5-9-29-22)21(28)23-11-17-10-18(12-23)14-24(25,13-17)15-23/h3-4,6-7,16-18H,5,8-15H2,1-2H3. The summed E-state index contributed by atoms with van der Waals surface area (Å²) in [6.45, 7) is 5.19. The Morgan fingerprint density at radius 1 is 1.21 bits per heavy atom. The molecule has 29 heavy (non-hydrogen) atoms. The quantitative estimate of drug-likeness (QED) is 0.524. The van der Waals surface area contributed by atoms with Crippen molar-refractivity contribution in [1.82, 2.24) is 4.90 Å². The van der Waals surface area contributed by atoms with Crippen LogP contribution in [0, 0.1) is 17.3 Å². The van der Waals surface area contributed by atoms with Crippen LogP contribution in [0.25, 0.3) is 0 Å². The van der Waals surface area contributed by atoms with Crippen LogP contribution >= 0.6 is 23.4 Å². The highest BCUT2D eigenvalue weighted by Crippen LogP contribution is 2.64. The van der Waals surface area contributed by atoms with E-state index in [4.69, 9.17) is 16.6 Å². The molecule has 6 rings (SSSR count). The van der Waals surface area contributed by atoms with E-state index in [1.807, 2.05) is 11.0 Å². The molecule has 0 radical (unpaired) electrons. The number of carbonyl (C=O) groups excluding carboxylic acids is 1. The van der Waals surface area contributed by atoms with E-state index < -0.39 is 0 Å². The molecule has 5 aliphatic rings. The lowest BCUT2D eigenvalue weighted by Gasteiger charge is -2.59. The summed E-state index contributed by atoms with van der Waals surface area (Å²) in [5.41, 5.74) is 2.00. The molecule has 1 saturated heterocycles. The van der Waals surface area contributed by atoms with Gasteiger partial charge in [-0.25, -0.2) is 4.99 Å². The number of carbonyl (C=O) groups is 1. The van der Waals surface area contributed by atoms with E-state index in [1.165, 1.54) is 12.0 Å². The minimum atomic E-state index is -0.248. The van der Waals surface area contributed by atoms with Crippen LogP contribution in [0.5, 0.6) is 0 Å². The summed E-state index contributed by atoms with van der Waals surface area (Å²) in [7, 11) is 0. The van der Waals surface area contributed by atoms with Crippen molar-refractivity contribution in [1.29, 1.82) is 0 Å². The fraction of sp³-hybridized carbons (Fsp3) is 0.667. The zero-order valence-corrected chi connectivity index (χ0v) is 19.1. The van der Waals surface area contributed by atoms with Crippen molar-refractivity contribution >= 4 is 40.1 Å². The van der Waals surface area contributed by atoms with Gasteiger partial charge in [0.2, 0.25) is 5.91 Å². The van der Waals surface area contributed by atoms with Crippen molar-refractivity contribution in [2.45, 2.75) is 69.6 Å². The van der Waals surface area contributed by atoms with Crippen LogP contribution in [0.15, 0.2) is 29.3 Å². The van der Waals surface area contributed by atoms with Gasteiger partial charge in [0.05, 0.1) is 11.1 Å². The Labute approximate surface area is 183 Å². The van der Waals surface area contributed by atoms with Crippen LogP contribution in [0.2, 0.25) is 0 Å². The molecule has 1 aromatic rings. The summed E-state index contributed by atoms with van der Waals surface area (Å²) in [6.07, 6.45) is 7.47. The maximum atomic E-state index is 14.0. The lowest BCUT2D eigenvalue weighted by atomic mass is 9.49. The van der Waals surface area contributed by atoms with Crippen LogP contribution < -0.4 is 0 Å². The first-order valence-electron chi connectivity index (χ1n) is 11.2. The molecule has 1 aromatic carbocycles. The second kappa shape index (κ2) is 7.30. The first-order valence-corrected chi connectivity index (χ1v) is 12.6. The smallest absolute Gasteiger partial charge is 0.234 e. The number of thioether (sulfide) groups is 1. The van der Waals surface area contributed by atoms with Gasteiger partial charge in [-0.05, 0) is 74.3 Å². The van der Waals surface area contributed by atoms with Crippen LogP contribution in [-0.2, 0) is 4.79 Å². The Morgan fingerprint density at radius 2 is 1.93 bits per heavy atom. The highest BCUT2D eigenvalue weighted by Gasteiger charge is 2.61. The molecule has 0 spiro atoms. The second-order valence-electron chi connectivity index (χ2n) is 10.2. The first-order chi connectivity index (χ1) is 13.9. The Bertz CT molecular complexity index is 837. The van der Waals surface area contributed by atoms with Gasteiger partial charge in [-0.2, -0.15) is 0 Å². The van der Waals surface area contributed by atoms with Gasteiger partial charge in [-0.1, -0.05) is 43.8 Å². The lowest BCUT2D eigenvalue weighted by molar-refractivity contribution is -0.151. The zero-order valence-electron chi connectivity index (χ0n) is 17.5. The first kappa shape index (κ1) is 19.9. The summed E-state index contributed by atoms with van der Waals surface area (Å²) in [4.78, 5) is 20.9. The van der Waals surface area contributed by atoms with Gasteiger partial charge < -0.3 is 0 Å². The Hall–Kier alpha value is -1.000. The van der Waals surface area contributed by atoms with E-state index in [1.54, 1.807) is 11.8 Å². The molecule has 1 aliphatic heterocycles. The number of hydrogen-bond acceptors (Lipinski definition) is 3. The number of benzene rings is 1. The third kappa shape index (κ3) is 3.54. The van der Waals surface area contributed by atoms with Crippen molar-refractivity contribution < 1.29 is 4.79 Å². The van der Waals surface area contributed by atoms with E-state index in [0.717, 1.165) is 61.7 Å². The fourth-order valence-electron chi connectivity index (χ4n) is 6.71. The number of aliphatic imine (C=N–C) groups is 1. The minimum Gasteiger partial charge on any atom is -0.291 e. The Kier molecular flexibility index (Phi) is 5.02. The highest BCUT2D eigenvalue weighted by atomic mass is 35.5. The van der Waals surface area contributed by atoms with Crippen LogP contribution in [0.4, 0.5) is 5.69 Å². The number of para-hydroxylation sites is 1. The van der Waals surface area contributed by atoms with Crippen LogP contribution in [0.3, 0.4) is 0 Å². The van der Waals surface area contributed by atoms with E-state index in [0.29, 0.717) is 23.7 Å². The van der Waals surface area contributed by atoms with E-state index in [-0.39, 0.29) is 10.3 Å². The summed E-state index contributed by atoms with van der Waals surface area (Å²) >= 11 is 8.76. The number of amidine groups is 1. The predicted octanol–water partition coefficient (Wildman–Crippen LogP) is 6.34. The topological polar surface area (TPSA) is 32.7 Å². The molecule has 0 aromatic heterocycles. The lowest BCUT2D eigenvalue weighted by Crippen LogP contribution is -2.60. The van der Waals surface area contributed by atoms with Crippen molar-refractivity contribution in [3.05, 3.63) is 29.8 Å². The fourth-order valence-corrected chi connectivity index (χ4v) is 8.35. The van der Waals surface area contributed by atoms with Crippen molar-refractivity contribution in [3.63, 3.8) is 0 Å². The van der Waals surface area contributed by atoms with Gasteiger partial charge in [-0.15, -0.1) is 11.6 Å². The van der Waals surface area contributed by atoms with E-state index in [2.05, 4.69) is 32.0 Å². The Balaban J connectivity index is 1.47. The van der Waals surface area contributed by atoms with Crippen molar-refractivity contribution in [2.75, 3.05) is 12.3 Å². The number of amides is 1. The molecule has 3 nitrogen and oxygen atoms in total. The number of rotatable bonds is 3. The van der Waals surface area contributed by atoms with Gasteiger partial charge in [0.25, 0.3) is 0 Å². The summed E-state index contributed by atoms with van der Waals surface area (Å²) in [5, 5.41) is 0.897. The molecule has 4 bridgehead atoms. The van der Waals surface area contributed by atoms with Gasteiger partial charge in [0.1, 0.15) is 0 Å². The average Bonchev–Trinajstić information content (AvgIpc) is 2.66. The average molecular weight is 431 g/mol. The largest absolute Gasteiger partial charge is 0.291 e. The highest BCUT2D eigenvalue weighted by molar-refractivity contribution is 8.13.